The molecular formula is C14H18N4O. The van der Waals surface area contributed by atoms with E-state index in [-0.39, 0.29) is 5.92 Å². The van der Waals surface area contributed by atoms with E-state index in [9.17, 15) is 0 Å². The van der Waals surface area contributed by atoms with E-state index in [0.717, 1.165) is 19.6 Å². The molecule has 0 saturated carbocycles. The maximum Gasteiger partial charge on any atom is 0.265 e. The van der Waals surface area contributed by atoms with Crippen molar-refractivity contribution >= 4 is 5.95 Å². The SMILES string of the molecule is CCN(C)c1noc(C2CNCc3ccccc32)n1. The average molecular weight is 258 g/mol. The molecule has 1 atom stereocenters. The molecule has 5 nitrogen and oxygen atoms in total. The smallest absolute Gasteiger partial charge is 0.265 e. The summed E-state index contributed by atoms with van der Waals surface area (Å²) in [5.41, 5.74) is 2.60. The maximum atomic E-state index is 5.44. The van der Waals surface area contributed by atoms with Gasteiger partial charge >= 0.3 is 0 Å². The van der Waals surface area contributed by atoms with Crippen LogP contribution in [0.3, 0.4) is 0 Å². The van der Waals surface area contributed by atoms with E-state index in [1.54, 1.807) is 0 Å². The first kappa shape index (κ1) is 12.2. The van der Waals surface area contributed by atoms with Gasteiger partial charge in [-0.2, -0.15) is 4.98 Å². The van der Waals surface area contributed by atoms with Gasteiger partial charge in [-0.05, 0) is 23.2 Å². The first-order valence-corrected chi connectivity index (χ1v) is 6.63. The second-order valence-electron chi connectivity index (χ2n) is 4.83. The molecular weight excluding hydrogens is 240 g/mol. The molecule has 1 aromatic heterocycles. The Labute approximate surface area is 112 Å². The van der Waals surface area contributed by atoms with Gasteiger partial charge in [0.15, 0.2) is 0 Å². The zero-order valence-electron chi connectivity index (χ0n) is 11.3. The van der Waals surface area contributed by atoms with E-state index in [2.05, 4.69) is 46.6 Å². The summed E-state index contributed by atoms with van der Waals surface area (Å²) in [7, 11) is 1.96. The Hall–Kier alpha value is -1.88. The third-order valence-corrected chi connectivity index (χ3v) is 3.64. The highest BCUT2D eigenvalue weighted by molar-refractivity contribution is 5.37. The minimum absolute atomic E-state index is 0.149. The van der Waals surface area contributed by atoms with Gasteiger partial charge in [-0.25, -0.2) is 0 Å². The van der Waals surface area contributed by atoms with Gasteiger partial charge in [0.05, 0.1) is 5.92 Å². The summed E-state index contributed by atoms with van der Waals surface area (Å²) >= 11 is 0. The molecule has 1 aromatic carbocycles. The van der Waals surface area contributed by atoms with Crippen LogP contribution in [-0.4, -0.2) is 30.3 Å². The van der Waals surface area contributed by atoms with Crippen LogP contribution in [0.15, 0.2) is 28.8 Å². The van der Waals surface area contributed by atoms with E-state index in [4.69, 9.17) is 4.52 Å². The predicted molar refractivity (Wildman–Crippen MR) is 73.2 cm³/mol. The number of nitrogens with zero attached hydrogens (tertiary/aromatic N) is 3. The largest absolute Gasteiger partial charge is 0.342 e. The molecule has 1 unspecified atom stereocenters. The van der Waals surface area contributed by atoms with Crippen LogP contribution in [0.1, 0.15) is 29.9 Å². The molecule has 0 amide bonds. The zero-order chi connectivity index (χ0) is 13.2. The summed E-state index contributed by atoms with van der Waals surface area (Å²) < 4.78 is 5.44. The van der Waals surface area contributed by atoms with Crippen LogP contribution in [0, 0.1) is 0 Å². The molecule has 0 bridgehead atoms. The second-order valence-corrected chi connectivity index (χ2v) is 4.83. The number of rotatable bonds is 3. The number of hydrogen-bond donors (Lipinski definition) is 1. The Kier molecular flexibility index (Phi) is 3.21. The van der Waals surface area contributed by atoms with Gasteiger partial charge in [0, 0.05) is 26.7 Å². The Bertz CT molecular complexity index is 566. The highest BCUT2D eigenvalue weighted by Gasteiger charge is 2.26. The minimum atomic E-state index is 0.149. The lowest BCUT2D eigenvalue weighted by atomic mass is 9.91. The fraction of sp³-hybridized carbons (Fsp3) is 0.429. The molecule has 0 spiro atoms. The van der Waals surface area contributed by atoms with Crippen LogP contribution in [0.4, 0.5) is 5.95 Å². The average Bonchev–Trinajstić information content (AvgIpc) is 2.95. The molecule has 2 heterocycles. The van der Waals surface area contributed by atoms with Crippen molar-refractivity contribution in [2.24, 2.45) is 0 Å². The van der Waals surface area contributed by atoms with Crippen molar-refractivity contribution in [2.45, 2.75) is 19.4 Å². The normalized spacial score (nSPS) is 18.1. The Balaban J connectivity index is 1.93. The van der Waals surface area contributed by atoms with Crippen LogP contribution in [0.25, 0.3) is 0 Å². The first-order valence-electron chi connectivity index (χ1n) is 6.63. The van der Waals surface area contributed by atoms with Gasteiger partial charge in [0.1, 0.15) is 0 Å². The fourth-order valence-corrected chi connectivity index (χ4v) is 2.38. The molecule has 0 fully saturated rings. The van der Waals surface area contributed by atoms with E-state index < -0.39 is 0 Å². The van der Waals surface area contributed by atoms with E-state index in [1.807, 2.05) is 11.9 Å². The van der Waals surface area contributed by atoms with E-state index in [0.29, 0.717) is 11.8 Å². The fourth-order valence-electron chi connectivity index (χ4n) is 2.38. The lowest BCUT2D eigenvalue weighted by Crippen LogP contribution is -2.29. The summed E-state index contributed by atoms with van der Waals surface area (Å²) in [6.45, 7) is 4.67. The third-order valence-electron chi connectivity index (χ3n) is 3.64. The van der Waals surface area contributed by atoms with Gasteiger partial charge in [-0.3, -0.25) is 0 Å². The van der Waals surface area contributed by atoms with Crippen molar-refractivity contribution in [1.29, 1.82) is 0 Å². The molecule has 0 aliphatic carbocycles. The standard InChI is InChI=1S/C14H18N4O/c1-3-18(2)14-16-13(19-17-14)12-9-15-8-10-6-4-5-7-11(10)12/h4-7,12,15H,3,8-9H2,1-2H3. The Morgan fingerprint density at radius 2 is 2.26 bits per heavy atom. The number of benzene rings is 1. The van der Waals surface area contributed by atoms with Crippen LogP contribution in [-0.2, 0) is 6.54 Å². The van der Waals surface area contributed by atoms with E-state index in [1.165, 1.54) is 11.1 Å². The van der Waals surface area contributed by atoms with Crippen molar-refractivity contribution in [1.82, 2.24) is 15.5 Å². The van der Waals surface area contributed by atoms with Crippen molar-refractivity contribution in [3.05, 3.63) is 41.3 Å². The molecule has 1 N–H and O–H groups in total. The van der Waals surface area contributed by atoms with Gasteiger partial charge < -0.3 is 14.7 Å². The van der Waals surface area contributed by atoms with Gasteiger partial charge in [0.25, 0.3) is 5.95 Å². The van der Waals surface area contributed by atoms with E-state index >= 15 is 0 Å². The zero-order valence-corrected chi connectivity index (χ0v) is 11.3. The van der Waals surface area contributed by atoms with Crippen LogP contribution in [0.2, 0.25) is 0 Å². The van der Waals surface area contributed by atoms with Crippen LogP contribution in [0.5, 0.6) is 0 Å². The van der Waals surface area contributed by atoms with Crippen LogP contribution < -0.4 is 10.2 Å². The highest BCUT2D eigenvalue weighted by atomic mass is 16.5. The lowest BCUT2D eigenvalue weighted by molar-refractivity contribution is 0.355. The Morgan fingerprint density at radius 1 is 1.42 bits per heavy atom. The number of nitrogens with one attached hydrogen (secondary N) is 1. The second kappa shape index (κ2) is 5.01. The molecule has 1 aliphatic rings. The topological polar surface area (TPSA) is 54.2 Å². The van der Waals surface area contributed by atoms with Crippen molar-refractivity contribution in [3.8, 4) is 0 Å². The maximum absolute atomic E-state index is 5.44. The predicted octanol–water partition coefficient (Wildman–Crippen LogP) is 1.76. The van der Waals surface area contributed by atoms with Crippen LogP contribution >= 0.6 is 0 Å². The molecule has 0 saturated heterocycles. The van der Waals surface area contributed by atoms with Gasteiger partial charge in [0.2, 0.25) is 5.89 Å². The Morgan fingerprint density at radius 3 is 3.11 bits per heavy atom. The third kappa shape index (κ3) is 2.21. The number of hydrogen-bond acceptors (Lipinski definition) is 5. The molecule has 3 rings (SSSR count). The summed E-state index contributed by atoms with van der Waals surface area (Å²) in [6.07, 6.45) is 0. The highest BCUT2D eigenvalue weighted by Crippen LogP contribution is 2.29. The quantitative estimate of drug-likeness (QED) is 0.909. The number of anilines is 1. The minimum Gasteiger partial charge on any atom is -0.342 e. The summed E-state index contributed by atoms with van der Waals surface area (Å²) in [6, 6.07) is 8.41. The molecule has 0 radical (unpaired) electrons. The number of aromatic nitrogens is 2. The first-order chi connectivity index (χ1) is 9.29. The molecule has 19 heavy (non-hydrogen) atoms. The molecule has 5 heteroatoms. The molecule has 2 aromatic rings. The number of fused-ring (bicyclic) bond motifs is 1. The van der Waals surface area contributed by atoms with Crippen molar-refractivity contribution < 1.29 is 4.52 Å². The van der Waals surface area contributed by atoms with Crippen molar-refractivity contribution in [2.75, 3.05) is 25.0 Å². The summed E-state index contributed by atoms with van der Waals surface area (Å²) in [5, 5.41) is 7.45. The summed E-state index contributed by atoms with van der Waals surface area (Å²) in [5.74, 6) is 1.49. The monoisotopic (exact) mass is 258 g/mol. The van der Waals surface area contributed by atoms with Gasteiger partial charge in [-0.15, -0.1) is 0 Å². The molecule has 100 valence electrons. The lowest BCUT2D eigenvalue weighted by Gasteiger charge is -2.23. The van der Waals surface area contributed by atoms with Crippen molar-refractivity contribution in [3.63, 3.8) is 0 Å². The summed E-state index contributed by atoms with van der Waals surface area (Å²) in [4.78, 5) is 6.48. The van der Waals surface area contributed by atoms with Gasteiger partial charge in [-0.1, -0.05) is 24.3 Å². The molecule has 1 aliphatic heterocycles.